The molecule has 11 heteroatoms. The third kappa shape index (κ3) is 6.64. The second kappa shape index (κ2) is 13.5. The van der Waals surface area contributed by atoms with E-state index in [1.54, 1.807) is 30.3 Å². The quantitative estimate of drug-likeness (QED) is 0.207. The Morgan fingerprint density at radius 1 is 0.953 bits per heavy atom. The summed E-state index contributed by atoms with van der Waals surface area (Å²) in [6.45, 7) is 4.98. The molecule has 0 saturated carbocycles. The van der Waals surface area contributed by atoms with Crippen molar-refractivity contribution in [3.05, 3.63) is 119 Å². The number of nitrogens with zero attached hydrogens (tertiary/aromatic N) is 2. The lowest BCUT2D eigenvalue weighted by molar-refractivity contribution is -0.136. The second-order valence-corrected chi connectivity index (χ2v) is 11.2. The molecule has 4 aromatic rings. The maximum absolute atomic E-state index is 13.8. The normalized spacial score (nSPS) is 14.4. The van der Waals surface area contributed by atoms with Crippen molar-refractivity contribution in [2.45, 2.75) is 26.5 Å². The summed E-state index contributed by atoms with van der Waals surface area (Å²) in [5.41, 5.74) is 2.30. The van der Waals surface area contributed by atoms with Crippen molar-refractivity contribution in [1.82, 2.24) is 4.57 Å². The third-order valence-electron chi connectivity index (χ3n) is 6.58. The Morgan fingerprint density at radius 3 is 2.40 bits per heavy atom. The van der Waals surface area contributed by atoms with E-state index in [4.69, 9.17) is 42.1 Å². The van der Waals surface area contributed by atoms with Crippen LogP contribution in [0, 0.1) is 0 Å². The van der Waals surface area contributed by atoms with Gasteiger partial charge in [-0.15, -0.1) is 0 Å². The molecule has 0 unspecified atom stereocenters. The maximum Gasteiger partial charge on any atom is 0.337 e. The van der Waals surface area contributed by atoms with Gasteiger partial charge in [0.05, 0.1) is 46.5 Å². The first-order valence-electron chi connectivity index (χ1n) is 13.5. The van der Waals surface area contributed by atoms with E-state index in [1.165, 1.54) is 29.2 Å². The van der Waals surface area contributed by atoms with Crippen LogP contribution in [0.3, 0.4) is 0 Å². The molecule has 2 heterocycles. The highest BCUT2D eigenvalue weighted by Crippen LogP contribution is 2.35. The highest BCUT2D eigenvalue weighted by molar-refractivity contribution is 7.07. The van der Waals surface area contributed by atoms with Gasteiger partial charge in [0, 0.05) is 6.20 Å². The molecule has 0 spiro atoms. The zero-order chi connectivity index (χ0) is 30.5. The number of esters is 1. The molecule has 0 amide bonds. The molecule has 0 aliphatic carbocycles. The zero-order valence-corrected chi connectivity index (χ0v) is 26.0. The van der Waals surface area contributed by atoms with E-state index in [-0.39, 0.29) is 11.1 Å². The number of thiazole rings is 1. The lowest BCUT2D eigenvalue weighted by Gasteiger charge is -2.23. The first-order chi connectivity index (χ1) is 20.8. The number of hydrogen-bond donors (Lipinski definition) is 0. The van der Waals surface area contributed by atoms with Gasteiger partial charge in [0.25, 0.3) is 5.56 Å². The van der Waals surface area contributed by atoms with E-state index in [0.717, 1.165) is 11.1 Å². The number of methoxy groups -OCH3 is 1. The smallest absolute Gasteiger partial charge is 0.337 e. The van der Waals surface area contributed by atoms with Crippen LogP contribution in [0.2, 0.25) is 10.0 Å². The van der Waals surface area contributed by atoms with Crippen LogP contribution in [0.15, 0.2) is 82.2 Å². The number of carbonyl (C=O) groups is 1. The van der Waals surface area contributed by atoms with Crippen LogP contribution in [0.4, 0.5) is 0 Å². The summed E-state index contributed by atoms with van der Waals surface area (Å²) < 4.78 is 24.4. The Kier molecular flexibility index (Phi) is 9.55. The van der Waals surface area contributed by atoms with Crippen molar-refractivity contribution in [3.63, 3.8) is 0 Å². The summed E-state index contributed by atoms with van der Waals surface area (Å²) in [7, 11) is 1.30. The summed E-state index contributed by atoms with van der Waals surface area (Å²) in [4.78, 5) is 31.5. The van der Waals surface area contributed by atoms with Crippen molar-refractivity contribution in [1.29, 1.82) is 0 Å². The van der Waals surface area contributed by atoms with Crippen LogP contribution in [0.5, 0.6) is 17.2 Å². The Bertz CT molecular complexity index is 1860. The zero-order valence-electron chi connectivity index (χ0n) is 23.6. The molecule has 0 fully saturated rings. The molecule has 3 aromatic carbocycles. The fourth-order valence-corrected chi connectivity index (χ4v) is 5.89. The van der Waals surface area contributed by atoms with E-state index < -0.39 is 12.0 Å². The lowest BCUT2D eigenvalue weighted by atomic mass is 9.97. The summed E-state index contributed by atoms with van der Waals surface area (Å²) >= 11 is 13.3. The number of halogens is 2. The molecular formula is C32H28Cl2N2O6S. The lowest BCUT2D eigenvalue weighted by Crippen LogP contribution is -2.39. The number of ether oxygens (including phenoxy) is 4. The highest BCUT2D eigenvalue weighted by Gasteiger charge is 2.31. The fourth-order valence-electron chi connectivity index (χ4n) is 4.59. The second-order valence-electron chi connectivity index (χ2n) is 9.35. The van der Waals surface area contributed by atoms with E-state index in [2.05, 4.69) is 4.99 Å². The van der Waals surface area contributed by atoms with Gasteiger partial charge >= 0.3 is 5.97 Å². The molecule has 1 aliphatic rings. The van der Waals surface area contributed by atoms with Crippen LogP contribution in [-0.4, -0.2) is 30.9 Å². The monoisotopic (exact) mass is 638 g/mol. The average Bonchev–Trinajstić information content (AvgIpc) is 3.33. The minimum Gasteiger partial charge on any atom is -0.490 e. The van der Waals surface area contributed by atoms with Gasteiger partial charge in [-0.1, -0.05) is 58.8 Å². The van der Waals surface area contributed by atoms with Crippen LogP contribution in [0.25, 0.3) is 6.08 Å². The van der Waals surface area contributed by atoms with Crippen molar-refractivity contribution in [2.75, 3.05) is 20.3 Å². The number of benzene rings is 3. The minimum absolute atomic E-state index is 0.233. The molecule has 8 nitrogen and oxygen atoms in total. The van der Waals surface area contributed by atoms with Crippen LogP contribution in [0.1, 0.15) is 36.6 Å². The Morgan fingerprint density at radius 2 is 1.70 bits per heavy atom. The maximum atomic E-state index is 13.8. The summed E-state index contributed by atoms with van der Waals surface area (Å²) in [6.07, 6.45) is 3.25. The van der Waals surface area contributed by atoms with Crippen LogP contribution in [-0.2, 0) is 16.1 Å². The molecule has 222 valence electrons. The number of fused-ring (bicyclic) bond motifs is 1. The SMILES string of the molecule is CCOc1ccc([C@@H]2C(C(=O)OC)=CN=c3s/c(=C\c4ccc(OCc5ccc(Cl)c(Cl)c5)cc4)c(=O)n32)cc1OCC. The summed E-state index contributed by atoms with van der Waals surface area (Å²) in [6, 6.07) is 17.3. The molecule has 0 bridgehead atoms. The van der Waals surface area contributed by atoms with Crippen LogP contribution < -0.4 is 29.1 Å². The summed E-state index contributed by atoms with van der Waals surface area (Å²) in [5.74, 6) is 1.18. The minimum atomic E-state index is -0.766. The number of aromatic nitrogens is 1. The first-order valence-corrected chi connectivity index (χ1v) is 15.1. The predicted molar refractivity (Wildman–Crippen MR) is 167 cm³/mol. The molecule has 43 heavy (non-hydrogen) atoms. The molecule has 0 radical (unpaired) electrons. The topological polar surface area (TPSA) is 88.4 Å². The average molecular weight is 640 g/mol. The van der Waals surface area contributed by atoms with Crippen LogP contribution >= 0.6 is 34.5 Å². The van der Waals surface area contributed by atoms with Gasteiger partial charge in [-0.25, -0.2) is 9.79 Å². The first kappa shape index (κ1) is 30.4. The Hall–Kier alpha value is -4.05. The fraction of sp³-hybridized carbons (Fsp3) is 0.219. The van der Waals surface area contributed by atoms with E-state index in [0.29, 0.717) is 62.0 Å². The Labute approximate surface area is 262 Å². The van der Waals surface area contributed by atoms with Gasteiger partial charge in [-0.2, -0.15) is 0 Å². The van der Waals surface area contributed by atoms with Gasteiger partial charge in [0.15, 0.2) is 16.3 Å². The largest absolute Gasteiger partial charge is 0.490 e. The van der Waals surface area contributed by atoms with E-state index in [1.807, 2.05) is 50.2 Å². The third-order valence-corrected chi connectivity index (χ3v) is 8.31. The van der Waals surface area contributed by atoms with Crippen molar-refractivity contribution in [3.8, 4) is 17.2 Å². The molecule has 1 atom stereocenters. The number of rotatable bonds is 10. The molecular weight excluding hydrogens is 611 g/mol. The summed E-state index contributed by atoms with van der Waals surface area (Å²) in [5, 5.41) is 0.959. The van der Waals surface area contributed by atoms with Crippen molar-refractivity contribution in [2.24, 2.45) is 4.99 Å². The van der Waals surface area contributed by atoms with Gasteiger partial charge in [0.1, 0.15) is 12.4 Å². The Balaban J connectivity index is 1.47. The molecule has 0 saturated heterocycles. The number of hydrogen-bond acceptors (Lipinski definition) is 8. The molecule has 0 N–H and O–H groups in total. The predicted octanol–water partition coefficient (Wildman–Crippen LogP) is 5.70. The standard InChI is InChI=1S/C32H28Cl2N2O6S/c1-4-40-26-13-9-21(16-27(26)41-5-2)29-23(31(38)39-3)17-35-32-36(29)30(37)28(43-32)15-19-6-10-22(11-7-19)42-18-20-8-12-24(33)25(34)14-20/h6-17,29H,4-5,18H2,1-3H3/b28-15-/t29-/m1/s1. The molecule has 1 aliphatic heterocycles. The number of carbonyl (C=O) groups excluding carboxylic acids is 1. The van der Waals surface area contributed by atoms with E-state index >= 15 is 0 Å². The van der Waals surface area contributed by atoms with Crippen molar-refractivity contribution < 1.29 is 23.7 Å². The molecule has 1 aromatic heterocycles. The van der Waals surface area contributed by atoms with E-state index in [9.17, 15) is 9.59 Å². The van der Waals surface area contributed by atoms with Crippen molar-refractivity contribution >= 4 is 46.6 Å². The molecule has 5 rings (SSSR count). The van der Waals surface area contributed by atoms with Gasteiger partial charge in [-0.05, 0) is 73.0 Å². The van der Waals surface area contributed by atoms with Gasteiger partial charge < -0.3 is 18.9 Å². The highest BCUT2D eigenvalue weighted by atomic mass is 35.5. The van der Waals surface area contributed by atoms with Gasteiger partial charge in [0.2, 0.25) is 0 Å². The van der Waals surface area contributed by atoms with Gasteiger partial charge in [-0.3, -0.25) is 9.36 Å².